The average Bonchev–Trinajstić information content (AvgIpc) is 2.55. The summed E-state index contributed by atoms with van der Waals surface area (Å²) in [6, 6.07) is 19.2. The minimum atomic E-state index is 0.196. The highest BCUT2D eigenvalue weighted by Crippen LogP contribution is 2.25. The van der Waals surface area contributed by atoms with Crippen molar-refractivity contribution in [1.29, 1.82) is 0 Å². The molecule has 0 aliphatic carbocycles. The third-order valence-corrected chi connectivity index (χ3v) is 3.81. The molecule has 3 nitrogen and oxygen atoms in total. The van der Waals surface area contributed by atoms with Crippen molar-refractivity contribution in [2.45, 2.75) is 0 Å². The predicted octanol–water partition coefficient (Wildman–Crippen LogP) is 4.76. The lowest BCUT2D eigenvalue weighted by Crippen LogP contribution is -1.86. The second-order valence-corrected chi connectivity index (χ2v) is 5.68. The van der Waals surface area contributed by atoms with Crippen molar-refractivity contribution in [1.82, 2.24) is 0 Å². The maximum Gasteiger partial charge on any atom is 0.125 e. The SMILES string of the molecule is Oc1ccc2ccccc2c1/C=N\N=C/c1ccc(Br)cc1. The zero-order valence-electron chi connectivity index (χ0n) is 11.6. The number of fused-ring (bicyclic) bond motifs is 1. The van der Waals surface area contributed by atoms with Gasteiger partial charge in [0.1, 0.15) is 5.75 Å². The van der Waals surface area contributed by atoms with E-state index >= 15 is 0 Å². The maximum absolute atomic E-state index is 10.0. The summed E-state index contributed by atoms with van der Waals surface area (Å²) in [6.45, 7) is 0. The molecule has 0 spiro atoms. The molecule has 0 aliphatic rings. The first-order valence-electron chi connectivity index (χ1n) is 6.77. The number of nitrogens with zero attached hydrogens (tertiary/aromatic N) is 2. The zero-order valence-corrected chi connectivity index (χ0v) is 13.2. The molecule has 0 heterocycles. The molecular formula is C18H13BrN2O. The van der Waals surface area contributed by atoms with Crippen LogP contribution in [-0.4, -0.2) is 17.5 Å². The fraction of sp³-hybridized carbons (Fsp3) is 0. The number of phenols is 1. The van der Waals surface area contributed by atoms with Gasteiger partial charge in [-0.25, -0.2) is 0 Å². The van der Waals surface area contributed by atoms with Gasteiger partial charge >= 0.3 is 0 Å². The number of phenolic OH excluding ortho intramolecular Hbond substituents is 1. The molecule has 0 saturated heterocycles. The Labute approximate surface area is 136 Å². The highest BCUT2D eigenvalue weighted by Gasteiger charge is 2.03. The van der Waals surface area contributed by atoms with Crippen molar-refractivity contribution in [3.8, 4) is 5.75 Å². The van der Waals surface area contributed by atoms with E-state index in [-0.39, 0.29) is 5.75 Å². The van der Waals surface area contributed by atoms with E-state index in [1.165, 1.54) is 0 Å². The number of hydrogen-bond donors (Lipinski definition) is 1. The predicted molar refractivity (Wildman–Crippen MR) is 94.9 cm³/mol. The van der Waals surface area contributed by atoms with Gasteiger partial charge in [0.05, 0.1) is 12.4 Å². The van der Waals surface area contributed by atoms with Crippen molar-refractivity contribution < 1.29 is 5.11 Å². The molecule has 3 aromatic carbocycles. The van der Waals surface area contributed by atoms with Crippen LogP contribution >= 0.6 is 15.9 Å². The Bertz CT molecular complexity index is 855. The minimum Gasteiger partial charge on any atom is -0.507 e. The highest BCUT2D eigenvalue weighted by molar-refractivity contribution is 9.10. The summed E-state index contributed by atoms with van der Waals surface area (Å²) in [4.78, 5) is 0. The molecule has 0 unspecified atom stereocenters. The van der Waals surface area contributed by atoms with E-state index in [1.807, 2.05) is 54.6 Å². The first kappa shape index (κ1) is 14.5. The molecule has 1 N–H and O–H groups in total. The minimum absolute atomic E-state index is 0.196. The van der Waals surface area contributed by atoms with Crippen LogP contribution in [0.3, 0.4) is 0 Å². The Morgan fingerprint density at radius 3 is 2.36 bits per heavy atom. The lowest BCUT2D eigenvalue weighted by molar-refractivity contribution is 0.475. The maximum atomic E-state index is 10.0. The fourth-order valence-corrected chi connectivity index (χ4v) is 2.42. The molecule has 0 saturated carbocycles. The van der Waals surface area contributed by atoms with E-state index < -0.39 is 0 Å². The Kier molecular flexibility index (Phi) is 4.30. The second-order valence-electron chi connectivity index (χ2n) is 4.76. The molecule has 3 rings (SSSR count). The van der Waals surface area contributed by atoms with Crippen LogP contribution < -0.4 is 0 Å². The van der Waals surface area contributed by atoms with Gasteiger partial charge in [-0.05, 0) is 34.5 Å². The van der Waals surface area contributed by atoms with Gasteiger partial charge < -0.3 is 5.11 Å². The van der Waals surface area contributed by atoms with E-state index in [0.29, 0.717) is 5.56 Å². The number of rotatable bonds is 3. The standard InChI is InChI=1S/C18H13BrN2O/c19-15-8-5-13(6-9-15)11-20-21-12-17-16-4-2-1-3-14(16)7-10-18(17)22/h1-12,22H/b20-11-,21-12-. The molecule has 0 aromatic heterocycles. The van der Waals surface area contributed by atoms with Crippen LogP contribution in [0.15, 0.2) is 75.3 Å². The summed E-state index contributed by atoms with van der Waals surface area (Å²) in [6.07, 6.45) is 3.25. The summed E-state index contributed by atoms with van der Waals surface area (Å²) < 4.78 is 1.02. The molecule has 22 heavy (non-hydrogen) atoms. The Balaban J connectivity index is 1.86. The highest BCUT2D eigenvalue weighted by atomic mass is 79.9. The molecule has 0 aliphatic heterocycles. The molecule has 0 fully saturated rings. The number of halogens is 1. The van der Waals surface area contributed by atoms with E-state index in [2.05, 4.69) is 26.1 Å². The van der Waals surface area contributed by atoms with Gasteiger partial charge in [0.15, 0.2) is 0 Å². The lowest BCUT2D eigenvalue weighted by Gasteiger charge is -2.03. The van der Waals surface area contributed by atoms with Crippen LogP contribution in [0.1, 0.15) is 11.1 Å². The van der Waals surface area contributed by atoms with Gasteiger partial charge in [0.25, 0.3) is 0 Å². The van der Waals surface area contributed by atoms with Gasteiger partial charge in [-0.15, -0.1) is 0 Å². The third-order valence-electron chi connectivity index (χ3n) is 3.28. The Hall–Kier alpha value is -2.46. The summed E-state index contributed by atoms with van der Waals surface area (Å²) in [7, 11) is 0. The number of hydrogen-bond acceptors (Lipinski definition) is 3. The monoisotopic (exact) mass is 352 g/mol. The van der Waals surface area contributed by atoms with Gasteiger partial charge in [-0.2, -0.15) is 10.2 Å². The molecule has 0 amide bonds. The van der Waals surface area contributed by atoms with E-state index in [9.17, 15) is 5.11 Å². The molecule has 108 valence electrons. The molecular weight excluding hydrogens is 340 g/mol. The van der Waals surface area contributed by atoms with E-state index in [0.717, 1.165) is 20.8 Å². The second kappa shape index (κ2) is 6.54. The van der Waals surface area contributed by atoms with Gasteiger partial charge in [0.2, 0.25) is 0 Å². The summed E-state index contributed by atoms with van der Waals surface area (Å²) in [5, 5.41) is 20.1. The molecule has 0 radical (unpaired) electrons. The summed E-state index contributed by atoms with van der Waals surface area (Å²) in [5.74, 6) is 0.196. The number of aromatic hydroxyl groups is 1. The van der Waals surface area contributed by atoms with Gasteiger partial charge in [-0.3, -0.25) is 0 Å². The molecule has 4 heteroatoms. The number of benzene rings is 3. The van der Waals surface area contributed by atoms with Gasteiger partial charge in [0, 0.05) is 10.0 Å². The van der Waals surface area contributed by atoms with Crippen molar-refractivity contribution in [3.63, 3.8) is 0 Å². The van der Waals surface area contributed by atoms with Crippen LogP contribution in [0.5, 0.6) is 5.75 Å². The quantitative estimate of drug-likeness (QED) is 0.535. The fourth-order valence-electron chi connectivity index (χ4n) is 2.16. The average molecular weight is 353 g/mol. The first-order valence-corrected chi connectivity index (χ1v) is 7.56. The van der Waals surface area contributed by atoms with Crippen molar-refractivity contribution in [2.75, 3.05) is 0 Å². The van der Waals surface area contributed by atoms with Crippen LogP contribution in [0, 0.1) is 0 Å². The summed E-state index contributed by atoms with van der Waals surface area (Å²) in [5.41, 5.74) is 1.63. The third kappa shape index (κ3) is 3.23. The molecule has 3 aromatic rings. The van der Waals surface area contributed by atoms with Gasteiger partial charge in [-0.1, -0.05) is 58.4 Å². The topological polar surface area (TPSA) is 45.0 Å². The van der Waals surface area contributed by atoms with Crippen LogP contribution in [0.25, 0.3) is 10.8 Å². The largest absolute Gasteiger partial charge is 0.507 e. The van der Waals surface area contributed by atoms with E-state index in [1.54, 1.807) is 18.5 Å². The normalized spacial score (nSPS) is 11.7. The van der Waals surface area contributed by atoms with Crippen LogP contribution in [0.4, 0.5) is 0 Å². The van der Waals surface area contributed by atoms with Crippen molar-refractivity contribution in [2.24, 2.45) is 10.2 Å². The Morgan fingerprint density at radius 1 is 0.818 bits per heavy atom. The van der Waals surface area contributed by atoms with Crippen LogP contribution in [-0.2, 0) is 0 Å². The lowest BCUT2D eigenvalue weighted by atomic mass is 10.0. The zero-order chi connectivity index (χ0) is 15.4. The van der Waals surface area contributed by atoms with Crippen molar-refractivity contribution >= 4 is 39.1 Å². The molecule has 0 bridgehead atoms. The first-order chi connectivity index (χ1) is 10.7. The van der Waals surface area contributed by atoms with Crippen LogP contribution in [0.2, 0.25) is 0 Å². The Morgan fingerprint density at radius 2 is 1.55 bits per heavy atom. The summed E-state index contributed by atoms with van der Waals surface area (Å²) >= 11 is 3.39. The van der Waals surface area contributed by atoms with E-state index in [4.69, 9.17) is 0 Å². The smallest absolute Gasteiger partial charge is 0.125 e. The molecule has 0 atom stereocenters. The van der Waals surface area contributed by atoms with Crippen molar-refractivity contribution in [3.05, 3.63) is 76.3 Å².